The number of nitrogens with two attached hydrogens (primary N) is 2. The lowest BCUT2D eigenvalue weighted by Crippen LogP contribution is -2.29. The molecule has 16 heavy (non-hydrogen) atoms. The molecule has 0 heterocycles. The van der Waals surface area contributed by atoms with E-state index in [9.17, 15) is 0 Å². The summed E-state index contributed by atoms with van der Waals surface area (Å²) < 4.78 is 0. The van der Waals surface area contributed by atoms with E-state index >= 15 is 0 Å². The number of hydrogen-bond donors (Lipinski definition) is 2. The van der Waals surface area contributed by atoms with E-state index in [1.54, 1.807) is 5.01 Å². The summed E-state index contributed by atoms with van der Waals surface area (Å²) in [4.78, 5) is 0. The molecule has 1 aromatic rings. The molecule has 0 bridgehead atoms. The van der Waals surface area contributed by atoms with Crippen LogP contribution in [0.15, 0.2) is 42.2 Å². The molecule has 3 heteroatoms. The van der Waals surface area contributed by atoms with Gasteiger partial charge in [-0.25, -0.2) is 5.84 Å². The Morgan fingerprint density at radius 2 is 1.94 bits per heavy atom. The first-order valence-electron chi connectivity index (χ1n) is 5.62. The quantitative estimate of drug-likeness (QED) is 0.587. The molecule has 0 saturated heterocycles. The zero-order valence-electron chi connectivity index (χ0n) is 10.1. The predicted molar refractivity (Wildman–Crippen MR) is 68.1 cm³/mol. The Bertz CT molecular complexity index is 330. The van der Waals surface area contributed by atoms with Crippen LogP contribution >= 0.6 is 0 Å². The maximum absolute atomic E-state index is 5.84. The third-order valence-corrected chi connectivity index (χ3v) is 2.48. The molecule has 1 aromatic carbocycles. The SMILES string of the molecule is CC(C)/C(N)=C/N(N)CCc1ccccc1. The Hall–Kier alpha value is -1.48. The Morgan fingerprint density at radius 1 is 1.31 bits per heavy atom. The van der Waals surface area contributed by atoms with E-state index in [0.717, 1.165) is 18.7 Å². The number of rotatable bonds is 5. The van der Waals surface area contributed by atoms with E-state index < -0.39 is 0 Å². The second-order valence-electron chi connectivity index (χ2n) is 4.26. The summed E-state index contributed by atoms with van der Waals surface area (Å²) in [5.41, 5.74) is 7.93. The molecule has 88 valence electrons. The fraction of sp³-hybridized carbons (Fsp3) is 0.385. The van der Waals surface area contributed by atoms with Gasteiger partial charge >= 0.3 is 0 Å². The zero-order valence-corrected chi connectivity index (χ0v) is 10.1. The van der Waals surface area contributed by atoms with E-state index in [0.29, 0.717) is 5.92 Å². The topological polar surface area (TPSA) is 55.3 Å². The smallest absolute Gasteiger partial charge is 0.0376 e. The lowest BCUT2D eigenvalue weighted by Gasteiger charge is -2.16. The molecule has 0 spiro atoms. The van der Waals surface area contributed by atoms with Gasteiger partial charge in [0.2, 0.25) is 0 Å². The van der Waals surface area contributed by atoms with Gasteiger partial charge in [0.15, 0.2) is 0 Å². The largest absolute Gasteiger partial charge is 0.401 e. The van der Waals surface area contributed by atoms with Crippen molar-refractivity contribution >= 4 is 0 Å². The number of hydrazine groups is 1. The Balaban J connectivity index is 2.42. The minimum atomic E-state index is 0.336. The monoisotopic (exact) mass is 219 g/mol. The maximum atomic E-state index is 5.84. The molecule has 0 aromatic heterocycles. The first kappa shape index (κ1) is 12.6. The van der Waals surface area contributed by atoms with Crippen molar-refractivity contribution in [3.8, 4) is 0 Å². The lowest BCUT2D eigenvalue weighted by molar-refractivity contribution is 0.390. The predicted octanol–water partition coefficient (Wildman–Crippen LogP) is 1.86. The second kappa shape index (κ2) is 6.18. The van der Waals surface area contributed by atoms with Crippen LogP contribution in [0.25, 0.3) is 0 Å². The highest BCUT2D eigenvalue weighted by Gasteiger charge is 2.00. The van der Waals surface area contributed by atoms with E-state index in [4.69, 9.17) is 11.6 Å². The van der Waals surface area contributed by atoms with Crippen LogP contribution in [0.3, 0.4) is 0 Å². The molecule has 0 amide bonds. The van der Waals surface area contributed by atoms with Crippen molar-refractivity contribution in [1.82, 2.24) is 5.01 Å². The second-order valence-corrected chi connectivity index (χ2v) is 4.26. The number of hydrogen-bond acceptors (Lipinski definition) is 3. The summed E-state index contributed by atoms with van der Waals surface area (Å²) in [6.45, 7) is 4.88. The zero-order chi connectivity index (χ0) is 12.0. The molecule has 0 aliphatic rings. The van der Waals surface area contributed by atoms with Gasteiger partial charge in [-0.15, -0.1) is 0 Å². The van der Waals surface area contributed by atoms with Crippen molar-refractivity contribution in [2.24, 2.45) is 17.5 Å². The average molecular weight is 219 g/mol. The van der Waals surface area contributed by atoms with Crippen LogP contribution in [0.1, 0.15) is 19.4 Å². The van der Waals surface area contributed by atoms with Crippen LogP contribution in [0.5, 0.6) is 0 Å². The first-order chi connectivity index (χ1) is 7.59. The molecule has 0 aliphatic carbocycles. The van der Waals surface area contributed by atoms with E-state index in [1.165, 1.54) is 5.56 Å². The van der Waals surface area contributed by atoms with Crippen molar-refractivity contribution in [2.45, 2.75) is 20.3 Å². The minimum absolute atomic E-state index is 0.336. The van der Waals surface area contributed by atoms with Crippen molar-refractivity contribution < 1.29 is 0 Å². The van der Waals surface area contributed by atoms with E-state index in [1.807, 2.05) is 24.4 Å². The van der Waals surface area contributed by atoms with Crippen LogP contribution in [0.4, 0.5) is 0 Å². The van der Waals surface area contributed by atoms with Gasteiger partial charge in [-0.1, -0.05) is 44.2 Å². The lowest BCUT2D eigenvalue weighted by atomic mass is 10.1. The highest BCUT2D eigenvalue weighted by Crippen LogP contribution is 2.04. The Morgan fingerprint density at radius 3 is 2.50 bits per heavy atom. The fourth-order valence-electron chi connectivity index (χ4n) is 1.31. The molecule has 0 saturated carbocycles. The van der Waals surface area contributed by atoms with Gasteiger partial charge in [0, 0.05) is 18.4 Å². The Labute approximate surface area is 97.7 Å². The summed E-state index contributed by atoms with van der Waals surface area (Å²) in [6.07, 6.45) is 2.74. The van der Waals surface area contributed by atoms with Gasteiger partial charge in [-0.3, -0.25) is 0 Å². The van der Waals surface area contributed by atoms with Crippen molar-refractivity contribution in [3.63, 3.8) is 0 Å². The maximum Gasteiger partial charge on any atom is 0.0376 e. The van der Waals surface area contributed by atoms with Crippen LogP contribution < -0.4 is 11.6 Å². The van der Waals surface area contributed by atoms with Gasteiger partial charge in [-0.05, 0) is 17.9 Å². The summed E-state index contributed by atoms with van der Waals surface area (Å²) in [7, 11) is 0. The van der Waals surface area contributed by atoms with Crippen LogP contribution in [0, 0.1) is 5.92 Å². The van der Waals surface area contributed by atoms with E-state index in [2.05, 4.69) is 26.0 Å². The van der Waals surface area contributed by atoms with Gasteiger partial charge in [0.25, 0.3) is 0 Å². The normalized spacial score (nSPS) is 11.9. The molecular formula is C13H21N3. The van der Waals surface area contributed by atoms with Crippen LogP contribution in [0.2, 0.25) is 0 Å². The summed E-state index contributed by atoms with van der Waals surface area (Å²) in [5.74, 6) is 6.17. The molecule has 4 N–H and O–H groups in total. The molecule has 0 fully saturated rings. The molecule has 0 atom stereocenters. The summed E-state index contributed by atoms with van der Waals surface area (Å²) in [5, 5.41) is 1.66. The average Bonchev–Trinajstić information content (AvgIpc) is 2.27. The molecular weight excluding hydrogens is 198 g/mol. The molecule has 0 aliphatic heterocycles. The van der Waals surface area contributed by atoms with Crippen LogP contribution in [-0.4, -0.2) is 11.6 Å². The van der Waals surface area contributed by atoms with Crippen molar-refractivity contribution in [2.75, 3.05) is 6.54 Å². The van der Waals surface area contributed by atoms with Gasteiger partial charge < -0.3 is 10.7 Å². The molecule has 1 rings (SSSR count). The fourth-order valence-corrected chi connectivity index (χ4v) is 1.31. The van der Waals surface area contributed by atoms with E-state index in [-0.39, 0.29) is 0 Å². The van der Waals surface area contributed by atoms with Crippen molar-refractivity contribution in [1.29, 1.82) is 0 Å². The highest BCUT2D eigenvalue weighted by atomic mass is 15.4. The standard InChI is InChI=1S/C13H21N3/c1-11(2)13(14)10-16(15)9-8-12-6-4-3-5-7-12/h3-7,10-11H,8-9,14-15H2,1-2H3/b13-10-. The number of benzene rings is 1. The van der Waals surface area contributed by atoms with Crippen molar-refractivity contribution in [3.05, 3.63) is 47.8 Å². The van der Waals surface area contributed by atoms with Gasteiger partial charge in [0.1, 0.15) is 0 Å². The summed E-state index contributed by atoms with van der Waals surface area (Å²) >= 11 is 0. The Kier molecular flexibility index (Phi) is 4.86. The molecule has 0 unspecified atom stereocenters. The molecule has 0 radical (unpaired) electrons. The van der Waals surface area contributed by atoms with Gasteiger partial charge in [-0.2, -0.15) is 0 Å². The number of nitrogens with zero attached hydrogens (tertiary/aromatic N) is 1. The molecule has 3 nitrogen and oxygen atoms in total. The third kappa shape index (κ3) is 4.36. The highest BCUT2D eigenvalue weighted by molar-refractivity contribution is 5.15. The first-order valence-corrected chi connectivity index (χ1v) is 5.62. The minimum Gasteiger partial charge on any atom is -0.401 e. The summed E-state index contributed by atoms with van der Waals surface area (Å²) in [6, 6.07) is 10.3. The number of allylic oxidation sites excluding steroid dienone is 1. The third-order valence-electron chi connectivity index (χ3n) is 2.48. The van der Waals surface area contributed by atoms with Gasteiger partial charge in [0.05, 0.1) is 0 Å². The van der Waals surface area contributed by atoms with Crippen LogP contribution in [-0.2, 0) is 6.42 Å².